The Kier molecular flexibility index (Phi) is 4.87. The van der Waals surface area contributed by atoms with E-state index < -0.39 is 0 Å². The summed E-state index contributed by atoms with van der Waals surface area (Å²) in [5, 5.41) is 6.73. The molecule has 0 atom stereocenters. The summed E-state index contributed by atoms with van der Waals surface area (Å²) in [4.78, 5) is 18.9. The highest BCUT2D eigenvalue weighted by atomic mass is 16.5. The molecule has 0 spiro atoms. The Morgan fingerprint density at radius 2 is 1.96 bits per heavy atom. The van der Waals surface area contributed by atoms with Crippen molar-refractivity contribution in [2.75, 3.05) is 23.3 Å². The number of carbonyl (C=O) groups excluding carboxylic acids is 1. The molecule has 1 fully saturated rings. The number of amides is 1. The fourth-order valence-corrected chi connectivity index (χ4v) is 3.24. The van der Waals surface area contributed by atoms with Crippen LogP contribution in [0.15, 0.2) is 59.4 Å². The van der Waals surface area contributed by atoms with Gasteiger partial charge in [0.1, 0.15) is 0 Å². The molecular formula is C21H22N4O2. The summed E-state index contributed by atoms with van der Waals surface area (Å²) < 4.78 is 5.26. The van der Waals surface area contributed by atoms with Gasteiger partial charge in [-0.3, -0.25) is 9.78 Å². The van der Waals surface area contributed by atoms with Crippen molar-refractivity contribution in [1.82, 2.24) is 10.1 Å². The van der Waals surface area contributed by atoms with Gasteiger partial charge in [-0.15, -0.1) is 0 Å². The SMILES string of the molecule is CC1CCN(c2ccc(NC(=O)c3cc(-c4cccnc4)on3)cc2)CC1. The van der Waals surface area contributed by atoms with Crippen LogP contribution < -0.4 is 10.2 Å². The molecule has 1 N–H and O–H groups in total. The first-order chi connectivity index (χ1) is 13.2. The lowest BCUT2D eigenvalue weighted by atomic mass is 9.99. The summed E-state index contributed by atoms with van der Waals surface area (Å²) >= 11 is 0. The second-order valence-electron chi connectivity index (χ2n) is 6.99. The number of nitrogens with one attached hydrogen (secondary N) is 1. The maximum atomic E-state index is 12.4. The fraction of sp³-hybridized carbons (Fsp3) is 0.286. The average Bonchev–Trinajstić information content (AvgIpc) is 3.20. The molecule has 2 aromatic heterocycles. The fourth-order valence-electron chi connectivity index (χ4n) is 3.24. The minimum atomic E-state index is -0.298. The molecule has 1 aliphatic heterocycles. The van der Waals surface area contributed by atoms with E-state index in [1.807, 2.05) is 24.3 Å². The van der Waals surface area contributed by atoms with Gasteiger partial charge in [-0.25, -0.2) is 0 Å². The summed E-state index contributed by atoms with van der Waals surface area (Å²) in [5.74, 6) is 1.02. The topological polar surface area (TPSA) is 71.3 Å². The summed E-state index contributed by atoms with van der Waals surface area (Å²) in [6, 6.07) is 13.2. The third kappa shape index (κ3) is 4.00. The van der Waals surface area contributed by atoms with Crippen molar-refractivity contribution in [2.45, 2.75) is 19.8 Å². The van der Waals surface area contributed by atoms with E-state index in [1.54, 1.807) is 18.5 Å². The van der Waals surface area contributed by atoms with Gasteiger partial charge in [0.15, 0.2) is 11.5 Å². The highest BCUT2D eigenvalue weighted by Gasteiger charge is 2.17. The summed E-state index contributed by atoms with van der Waals surface area (Å²) in [6.45, 7) is 4.48. The number of hydrogen-bond acceptors (Lipinski definition) is 5. The number of aromatic nitrogens is 2. The lowest BCUT2D eigenvalue weighted by Crippen LogP contribution is -2.32. The highest BCUT2D eigenvalue weighted by molar-refractivity contribution is 6.03. The van der Waals surface area contributed by atoms with Gasteiger partial charge >= 0.3 is 0 Å². The molecule has 0 bridgehead atoms. The Morgan fingerprint density at radius 1 is 1.19 bits per heavy atom. The van der Waals surface area contributed by atoms with Crippen LogP contribution in [0.25, 0.3) is 11.3 Å². The van der Waals surface area contributed by atoms with Crippen LogP contribution >= 0.6 is 0 Å². The molecule has 1 aromatic carbocycles. The minimum absolute atomic E-state index is 0.239. The number of anilines is 2. The first-order valence-electron chi connectivity index (χ1n) is 9.22. The molecule has 138 valence electrons. The van der Waals surface area contributed by atoms with Crippen LogP contribution in [0.5, 0.6) is 0 Å². The maximum Gasteiger partial charge on any atom is 0.277 e. The van der Waals surface area contributed by atoms with Crippen LogP contribution in [0.4, 0.5) is 11.4 Å². The molecular weight excluding hydrogens is 340 g/mol. The molecule has 3 heterocycles. The minimum Gasteiger partial charge on any atom is -0.372 e. The van der Waals surface area contributed by atoms with Gasteiger partial charge < -0.3 is 14.7 Å². The van der Waals surface area contributed by atoms with E-state index in [2.05, 4.69) is 39.4 Å². The first kappa shape index (κ1) is 17.3. The normalized spacial score (nSPS) is 14.9. The third-order valence-corrected chi connectivity index (χ3v) is 4.96. The quantitative estimate of drug-likeness (QED) is 0.752. The Balaban J connectivity index is 1.40. The molecule has 1 saturated heterocycles. The molecule has 0 unspecified atom stereocenters. The molecule has 6 nitrogen and oxygen atoms in total. The van der Waals surface area contributed by atoms with E-state index in [9.17, 15) is 4.79 Å². The lowest BCUT2D eigenvalue weighted by Gasteiger charge is -2.32. The number of pyridine rings is 1. The van der Waals surface area contributed by atoms with Crippen LogP contribution in [0.1, 0.15) is 30.3 Å². The number of nitrogens with zero attached hydrogens (tertiary/aromatic N) is 3. The maximum absolute atomic E-state index is 12.4. The summed E-state index contributed by atoms with van der Waals surface area (Å²) in [7, 11) is 0. The third-order valence-electron chi connectivity index (χ3n) is 4.96. The zero-order chi connectivity index (χ0) is 18.6. The Bertz CT molecular complexity index is 897. The van der Waals surface area contributed by atoms with Gasteiger partial charge in [0.25, 0.3) is 5.91 Å². The van der Waals surface area contributed by atoms with E-state index in [0.717, 1.165) is 30.3 Å². The number of hydrogen-bond donors (Lipinski definition) is 1. The van der Waals surface area contributed by atoms with E-state index >= 15 is 0 Å². The second-order valence-corrected chi connectivity index (χ2v) is 6.99. The Labute approximate surface area is 158 Å². The highest BCUT2D eigenvalue weighted by Crippen LogP contribution is 2.25. The van der Waals surface area contributed by atoms with Crippen molar-refractivity contribution in [2.24, 2.45) is 5.92 Å². The van der Waals surface area contributed by atoms with Gasteiger partial charge in [0.2, 0.25) is 0 Å². The van der Waals surface area contributed by atoms with Gasteiger partial charge in [0, 0.05) is 48.5 Å². The zero-order valence-electron chi connectivity index (χ0n) is 15.3. The first-order valence-corrected chi connectivity index (χ1v) is 9.22. The molecule has 0 radical (unpaired) electrons. The van der Waals surface area contributed by atoms with Gasteiger partial charge in [-0.1, -0.05) is 12.1 Å². The van der Waals surface area contributed by atoms with Crippen molar-refractivity contribution in [3.8, 4) is 11.3 Å². The standard InChI is InChI=1S/C21H22N4O2/c1-15-8-11-25(12-9-15)18-6-4-17(5-7-18)23-21(26)19-13-20(27-24-19)16-3-2-10-22-14-16/h2-7,10,13-15H,8-9,11-12H2,1H3,(H,23,26). The van der Waals surface area contributed by atoms with Crippen LogP contribution in [-0.2, 0) is 0 Å². The van der Waals surface area contributed by atoms with Gasteiger partial charge in [-0.2, -0.15) is 0 Å². The molecule has 0 saturated carbocycles. The van der Waals surface area contributed by atoms with E-state index in [0.29, 0.717) is 5.76 Å². The lowest BCUT2D eigenvalue weighted by molar-refractivity contribution is 0.101. The van der Waals surface area contributed by atoms with Crippen LogP contribution in [0.3, 0.4) is 0 Å². The summed E-state index contributed by atoms with van der Waals surface area (Å²) in [6.07, 6.45) is 5.80. The van der Waals surface area contributed by atoms with Crippen LogP contribution in [-0.4, -0.2) is 29.1 Å². The molecule has 1 aliphatic rings. The average molecular weight is 362 g/mol. The van der Waals surface area contributed by atoms with E-state index in [-0.39, 0.29) is 11.6 Å². The summed E-state index contributed by atoms with van der Waals surface area (Å²) in [5.41, 5.74) is 2.95. The number of benzene rings is 1. The Morgan fingerprint density at radius 3 is 2.67 bits per heavy atom. The largest absolute Gasteiger partial charge is 0.372 e. The molecule has 1 amide bonds. The van der Waals surface area contributed by atoms with Crippen LogP contribution in [0.2, 0.25) is 0 Å². The van der Waals surface area contributed by atoms with Crippen LogP contribution in [0, 0.1) is 5.92 Å². The van der Waals surface area contributed by atoms with Crippen molar-refractivity contribution >= 4 is 17.3 Å². The Hall–Kier alpha value is -3.15. The number of carbonyl (C=O) groups is 1. The number of piperidine rings is 1. The van der Waals surface area contributed by atoms with E-state index in [4.69, 9.17) is 4.52 Å². The molecule has 27 heavy (non-hydrogen) atoms. The molecule has 6 heteroatoms. The zero-order valence-corrected chi connectivity index (χ0v) is 15.3. The molecule has 0 aliphatic carbocycles. The van der Waals surface area contributed by atoms with Gasteiger partial charge in [0.05, 0.1) is 0 Å². The molecule has 4 rings (SSSR count). The van der Waals surface area contributed by atoms with Crippen molar-refractivity contribution in [3.63, 3.8) is 0 Å². The smallest absolute Gasteiger partial charge is 0.277 e. The predicted octanol–water partition coefficient (Wildman–Crippen LogP) is 4.23. The monoisotopic (exact) mass is 362 g/mol. The van der Waals surface area contributed by atoms with Crippen molar-refractivity contribution in [1.29, 1.82) is 0 Å². The second kappa shape index (κ2) is 7.61. The predicted molar refractivity (Wildman–Crippen MR) is 105 cm³/mol. The number of rotatable bonds is 4. The molecule has 3 aromatic rings. The van der Waals surface area contributed by atoms with Gasteiger partial charge in [-0.05, 0) is 55.2 Å². The van der Waals surface area contributed by atoms with E-state index in [1.165, 1.54) is 18.5 Å². The van der Waals surface area contributed by atoms with Crippen molar-refractivity contribution < 1.29 is 9.32 Å². The van der Waals surface area contributed by atoms with Crippen molar-refractivity contribution in [3.05, 3.63) is 60.6 Å².